The first kappa shape index (κ1) is 31.1. The minimum atomic E-state index is -0.374. The fraction of sp³-hybridized carbons (Fsp3) is 0.324. The largest absolute Gasteiger partial charge is 0.492 e. The van der Waals surface area contributed by atoms with Crippen LogP contribution in [0.2, 0.25) is 0 Å². The number of rotatable bonds is 10. The van der Waals surface area contributed by atoms with Gasteiger partial charge in [-0.3, -0.25) is 29.7 Å². The van der Waals surface area contributed by atoms with Gasteiger partial charge in [0.15, 0.2) is 0 Å². The van der Waals surface area contributed by atoms with E-state index in [2.05, 4.69) is 45.7 Å². The number of hydrogen-bond acceptors (Lipinski definition) is 8. The molecule has 0 spiro atoms. The van der Waals surface area contributed by atoms with Crippen LogP contribution in [-0.2, 0) is 4.79 Å². The van der Waals surface area contributed by atoms with Crippen molar-refractivity contribution in [2.45, 2.75) is 32.1 Å². The molecule has 2 aliphatic rings. The van der Waals surface area contributed by atoms with Crippen LogP contribution in [0.3, 0.4) is 0 Å². The number of amides is 1. The van der Waals surface area contributed by atoms with Crippen LogP contribution in [0.1, 0.15) is 32.1 Å². The maximum Gasteiger partial charge on any atom is 0.224 e. The summed E-state index contributed by atoms with van der Waals surface area (Å²) in [5.74, 6) is 0.509. The van der Waals surface area contributed by atoms with Crippen molar-refractivity contribution in [2.75, 3.05) is 44.6 Å². The van der Waals surface area contributed by atoms with Gasteiger partial charge in [0.1, 0.15) is 23.9 Å². The first-order chi connectivity index (χ1) is 24.1. The summed E-state index contributed by atoms with van der Waals surface area (Å²) >= 11 is 0. The van der Waals surface area contributed by atoms with Crippen molar-refractivity contribution in [1.82, 2.24) is 40.3 Å². The minimum absolute atomic E-state index is 0.00133. The van der Waals surface area contributed by atoms with Crippen molar-refractivity contribution in [3.63, 3.8) is 0 Å². The molecule has 1 aromatic carbocycles. The van der Waals surface area contributed by atoms with Gasteiger partial charge in [0, 0.05) is 58.8 Å². The Morgan fingerprint density at radius 2 is 1.80 bits per heavy atom. The molecule has 2 aliphatic heterocycles. The summed E-state index contributed by atoms with van der Waals surface area (Å²) < 4.78 is 20.8. The van der Waals surface area contributed by atoms with E-state index in [4.69, 9.17) is 4.74 Å². The predicted molar refractivity (Wildman–Crippen MR) is 188 cm³/mol. The molecule has 0 aliphatic carbocycles. The molecular weight excluding hydrogens is 621 g/mol. The quantitative estimate of drug-likeness (QED) is 0.137. The lowest BCUT2D eigenvalue weighted by Gasteiger charge is -2.21. The maximum atomic E-state index is 14.8. The third-order valence-corrected chi connectivity index (χ3v) is 9.52. The Balaban J connectivity index is 1.05. The summed E-state index contributed by atoms with van der Waals surface area (Å²) in [5.41, 5.74) is 6.53. The number of nitrogens with zero attached hydrogens (tertiary/aromatic N) is 5. The molecule has 6 aromatic rings. The van der Waals surface area contributed by atoms with Gasteiger partial charge in [0.05, 0.1) is 40.7 Å². The van der Waals surface area contributed by atoms with Gasteiger partial charge < -0.3 is 20.4 Å². The van der Waals surface area contributed by atoms with E-state index in [-0.39, 0.29) is 11.7 Å². The highest BCUT2D eigenvalue weighted by molar-refractivity contribution is 6.00. The van der Waals surface area contributed by atoms with E-state index in [0.717, 1.165) is 78.6 Å². The number of likely N-dealkylation sites (tertiary alicyclic amines) is 1. The van der Waals surface area contributed by atoms with Crippen LogP contribution in [0.15, 0.2) is 67.3 Å². The minimum Gasteiger partial charge on any atom is -0.492 e. The summed E-state index contributed by atoms with van der Waals surface area (Å²) in [4.78, 5) is 32.3. The Morgan fingerprint density at radius 3 is 2.67 bits per heavy atom. The van der Waals surface area contributed by atoms with E-state index in [1.54, 1.807) is 24.8 Å². The maximum absolute atomic E-state index is 14.8. The zero-order valence-corrected chi connectivity index (χ0v) is 27.1. The molecule has 0 saturated carbocycles. The number of anilines is 1. The van der Waals surface area contributed by atoms with Crippen LogP contribution < -0.4 is 15.4 Å². The van der Waals surface area contributed by atoms with Crippen LogP contribution in [0, 0.1) is 11.7 Å². The Morgan fingerprint density at radius 1 is 0.939 bits per heavy atom. The molecule has 2 saturated heterocycles. The number of aromatic nitrogens is 6. The second kappa shape index (κ2) is 13.7. The SMILES string of the molecule is O=C(CC1CCNCC1)Nc1cncc(-c2cc3c(-c4cc5c(-c6cc(F)cc(OCCN7CCCC7)c6)nccc5[nH]4)n[nH]c3cn2)c1. The van der Waals surface area contributed by atoms with Gasteiger partial charge in [0.25, 0.3) is 0 Å². The highest BCUT2D eigenvalue weighted by atomic mass is 19.1. The average molecular weight is 660 g/mol. The van der Waals surface area contributed by atoms with Crippen molar-refractivity contribution in [1.29, 1.82) is 0 Å². The summed E-state index contributed by atoms with van der Waals surface area (Å²) in [5, 5.41) is 15.8. The number of ether oxygens (including phenoxy) is 1. The number of carbonyl (C=O) groups is 1. The molecule has 7 heterocycles. The normalized spacial score (nSPS) is 15.7. The number of halogens is 1. The highest BCUT2D eigenvalue weighted by Gasteiger charge is 2.19. The zero-order valence-electron chi connectivity index (χ0n) is 27.1. The second-order valence-corrected chi connectivity index (χ2v) is 13.0. The highest BCUT2D eigenvalue weighted by Crippen LogP contribution is 2.35. The van der Waals surface area contributed by atoms with E-state index in [0.29, 0.717) is 53.0 Å². The van der Waals surface area contributed by atoms with Crippen molar-refractivity contribution >= 4 is 33.4 Å². The van der Waals surface area contributed by atoms with Crippen LogP contribution in [-0.4, -0.2) is 80.3 Å². The Labute approximate surface area is 282 Å². The number of H-pyrrole nitrogens is 2. The zero-order chi connectivity index (χ0) is 33.2. The summed E-state index contributed by atoms with van der Waals surface area (Å²) in [6, 6.07) is 12.5. The molecule has 250 valence electrons. The number of benzene rings is 1. The third kappa shape index (κ3) is 6.87. The molecule has 8 rings (SSSR count). The van der Waals surface area contributed by atoms with Crippen molar-refractivity contribution in [2.24, 2.45) is 5.92 Å². The number of hydrogen-bond donors (Lipinski definition) is 4. The van der Waals surface area contributed by atoms with Crippen LogP contribution in [0.4, 0.5) is 10.1 Å². The Kier molecular flexibility index (Phi) is 8.71. The van der Waals surface area contributed by atoms with Gasteiger partial charge >= 0.3 is 0 Å². The number of pyridine rings is 3. The van der Waals surface area contributed by atoms with E-state index >= 15 is 0 Å². The number of aromatic amines is 2. The molecule has 0 atom stereocenters. The molecule has 12 heteroatoms. The summed E-state index contributed by atoms with van der Waals surface area (Å²) in [7, 11) is 0. The molecule has 0 radical (unpaired) electrons. The Bertz CT molecular complexity index is 2110. The van der Waals surface area contributed by atoms with Gasteiger partial charge in [-0.2, -0.15) is 5.10 Å². The number of fused-ring (bicyclic) bond motifs is 2. The number of piperidine rings is 1. The van der Waals surface area contributed by atoms with Gasteiger partial charge in [0.2, 0.25) is 5.91 Å². The molecule has 5 aromatic heterocycles. The first-order valence-electron chi connectivity index (χ1n) is 17.0. The first-order valence-corrected chi connectivity index (χ1v) is 17.0. The summed E-state index contributed by atoms with van der Waals surface area (Å²) in [6.07, 6.45) is 11.8. The average Bonchev–Trinajstić information content (AvgIpc) is 3.88. The smallest absolute Gasteiger partial charge is 0.224 e. The molecular formula is C37H38FN9O2. The van der Waals surface area contributed by atoms with Crippen molar-refractivity contribution in [3.8, 4) is 39.7 Å². The van der Waals surface area contributed by atoms with Gasteiger partial charge in [-0.15, -0.1) is 0 Å². The molecule has 49 heavy (non-hydrogen) atoms. The molecule has 11 nitrogen and oxygen atoms in total. The van der Waals surface area contributed by atoms with Gasteiger partial charge in [-0.05, 0) is 94.2 Å². The predicted octanol–water partition coefficient (Wildman–Crippen LogP) is 6.17. The van der Waals surface area contributed by atoms with Crippen molar-refractivity contribution < 1.29 is 13.9 Å². The number of nitrogens with one attached hydrogen (secondary N) is 4. The second-order valence-electron chi connectivity index (χ2n) is 13.0. The van der Waals surface area contributed by atoms with Crippen LogP contribution in [0.5, 0.6) is 5.75 Å². The van der Waals surface area contributed by atoms with E-state index in [9.17, 15) is 9.18 Å². The van der Waals surface area contributed by atoms with Gasteiger partial charge in [-0.1, -0.05) is 0 Å². The Hall–Kier alpha value is -5.20. The number of carbonyl (C=O) groups excluding carboxylic acids is 1. The van der Waals surface area contributed by atoms with Crippen LogP contribution >= 0.6 is 0 Å². The van der Waals surface area contributed by atoms with Gasteiger partial charge in [-0.25, -0.2) is 4.39 Å². The monoisotopic (exact) mass is 659 g/mol. The van der Waals surface area contributed by atoms with E-state index in [1.165, 1.54) is 25.0 Å². The molecule has 1 amide bonds. The molecule has 0 bridgehead atoms. The molecule has 0 unspecified atom stereocenters. The third-order valence-electron chi connectivity index (χ3n) is 9.52. The summed E-state index contributed by atoms with van der Waals surface area (Å²) in [6.45, 7) is 5.42. The lowest BCUT2D eigenvalue weighted by Crippen LogP contribution is -2.30. The molecule has 4 N–H and O–H groups in total. The lowest BCUT2D eigenvalue weighted by molar-refractivity contribution is -0.117. The molecule has 2 fully saturated rings. The topological polar surface area (TPSA) is 137 Å². The lowest BCUT2D eigenvalue weighted by atomic mass is 9.94. The van der Waals surface area contributed by atoms with Crippen molar-refractivity contribution in [3.05, 3.63) is 73.1 Å². The van der Waals surface area contributed by atoms with E-state index < -0.39 is 0 Å². The van der Waals surface area contributed by atoms with E-state index in [1.807, 2.05) is 30.3 Å². The fourth-order valence-corrected chi connectivity index (χ4v) is 6.98. The fourth-order valence-electron chi connectivity index (χ4n) is 6.98. The standard InChI is InChI=1S/C37H38FN9O2/c38-26-14-24(16-28(17-26)49-12-11-47-9-1-2-10-47)36-29-19-33(44-31(29)5-8-41-36)37-30-18-32(42-22-34(30)45-46-37)25-15-27(21-40-20-25)43-35(48)13-23-3-6-39-7-4-23/h5,8,14-23,39,44H,1-4,6-7,9-13H2,(H,43,48)(H,45,46). The van der Waals surface area contributed by atoms with Crippen LogP contribution in [0.25, 0.3) is 55.7 Å².